The number of carbonyl (C=O) groups is 4. The average Bonchev–Trinajstić information content (AvgIpc) is 3.08. The number of aliphatic hydroxyl groups excluding tert-OH is 1. The second kappa shape index (κ2) is 21.7. The van der Waals surface area contributed by atoms with Gasteiger partial charge in [-0.2, -0.15) is 0 Å². The van der Waals surface area contributed by atoms with Gasteiger partial charge in [0.25, 0.3) is 0 Å². The first-order chi connectivity index (χ1) is 24.0. The summed E-state index contributed by atoms with van der Waals surface area (Å²) >= 11 is 0. The molecule has 11 nitrogen and oxygen atoms in total. The van der Waals surface area contributed by atoms with Crippen LogP contribution in [0.3, 0.4) is 0 Å². The van der Waals surface area contributed by atoms with Crippen molar-refractivity contribution < 1.29 is 33.8 Å². The van der Waals surface area contributed by atoms with E-state index in [9.17, 15) is 24.3 Å². The third-order valence-corrected chi connectivity index (χ3v) is 8.43. The number of hydrogen-bond donors (Lipinski definition) is 4. The Bertz CT molecular complexity index is 1350. The molecule has 274 valence electrons. The third kappa shape index (κ3) is 15.0. The second-order valence-electron chi connectivity index (χ2n) is 13.8. The van der Waals surface area contributed by atoms with E-state index in [-0.39, 0.29) is 44.0 Å². The monoisotopic (exact) mass is 692 g/mol. The molecular weight excluding hydrogens is 636 g/mol. The summed E-state index contributed by atoms with van der Waals surface area (Å²) in [6, 6.07) is 16.1. The van der Waals surface area contributed by atoms with E-state index in [1.807, 2.05) is 101 Å². The molecule has 1 heterocycles. The van der Waals surface area contributed by atoms with Gasteiger partial charge >= 0.3 is 12.2 Å². The molecule has 4 amide bonds. The van der Waals surface area contributed by atoms with Crippen LogP contribution in [-0.4, -0.2) is 71.3 Å². The number of allylic oxidation sites excluding steroid dienone is 1. The number of amides is 4. The number of aliphatic hydroxyl groups is 1. The zero-order valence-electron chi connectivity index (χ0n) is 30.0. The van der Waals surface area contributed by atoms with Gasteiger partial charge in [-0.15, -0.1) is 0 Å². The van der Waals surface area contributed by atoms with Gasteiger partial charge in [-0.25, -0.2) is 9.59 Å². The average molecular weight is 693 g/mol. The van der Waals surface area contributed by atoms with Crippen LogP contribution in [0.4, 0.5) is 9.59 Å². The van der Waals surface area contributed by atoms with Crippen molar-refractivity contribution in [2.75, 3.05) is 13.1 Å². The second-order valence-corrected chi connectivity index (χ2v) is 13.8. The maximum absolute atomic E-state index is 14.0. The summed E-state index contributed by atoms with van der Waals surface area (Å²) in [5.74, 6) is -0.597. The third-order valence-electron chi connectivity index (χ3n) is 8.43. The fourth-order valence-corrected chi connectivity index (χ4v) is 5.80. The topological polar surface area (TPSA) is 146 Å². The Kier molecular flexibility index (Phi) is 17.3. The predicted molar refractivity (Wildman–Crippen MR) is 193 cm³/mol. The summed E-state index contributed by atoms with van der Waals surface area (Å²) in [4.78, 5) is 54.7. The molecule has 0 aromatic heterocycles. The smallest absolute Gasteiger partial charge is 0.408 e. The minimum atomic E-state index is -1.11. The zero-order valence-corrected chi connectivity index (χ0v) is 30.0. The molecule has 0 fully saturated rings. The molecule has 11 heteroatoms. The maximum Gasteiger partial charge on any atom is 0.408 e. The van der Waals surface area contributed by atoms with Gasteiger partial charge in [0.05, 0.1) is 12.1 Å². The highest BCUT2D eigenvalue weighted by atomic mass is 16.6. The van der Waals surface area contributed by atoms with E-state index in [0.717, 1.165) is 36.8 Å². The number of carbonyl (C=O) groups excluding carboxylic acids is 4. The van der Waals surface area contributed by atoms with Crippen LogP contribution in [0.5, 0.6) is 0 Å². The van der Waals surface area contributed by atoms with Gasteiger partial charge in [-0.05, 0) is 55.1 Å². The first-order valence-electron chi connectivity index (χ1n) is 17.9. The number of rotatable bonds is 13. The van der Waals surface area contributed by atoms with E-state index < -0.39 is 42.3 Å². The number of benzene rings is 2. The van der Waals surface area contributed by atoms with E-state index in [0.29, 0.717) is 19.3 Å². The van der Waals surface area contributed by atoms with Crippen molar-refractivity contribution in [2.45, 2.75) is 110 Å². The zero-order chi connectivity index (χ0) is 36.3. The van der Waals surface area contributed by atoms with Crippen LogP contribution < -0.4 is 16.0 Å². The Morgan fingerprint density at radius 3 is 1.86 bits per heavy atom. The van der Waals surface area contributed by atoms with E-state index in [2.05, 4.69) is 16.0 Å². The van der Waals surface area contributed by atoms with E-state index in [1.54, 1.807) is 0 Å². The van der Waals surface area contributed by atoms with Crippen LogP contribution in [0.2, 0.25) is 0 Å². The summed E-state index contributed by atoms with van der Waals surface area (Å²) in [5, 5.41) is 20.0. The molecule has 1 aliphatic heterocycles. The van der Waals surface area contributed by atoms with Crippen molar-refractivity contribution >= 4 is 24.0 Å². The van der Waals surface area contributed by atoms with Crippen molar-refractivity contribution in [2.24, 2.45) is 11.8 Å². The predicted octanol–water partition coefficient (Wildman–Crippen LogP) is 5.86. The number of β-amino-alcohol motifs (C(OH)–C–C–N with tert-alkyl or cyclic N) is 1. The first-order valence-corrected chi connectivity index (χ1v) is 17.9. The fourth-order valence-electron chi connectivity index (χ4n) is 5.80. The van der Waals surface area contributed by atoms with Crippen LogP contribution >= 0.6 is 0 Å². The van der Waals surface area contributed by atoms with Crippen molar-refractivity contribution in [3.63, 3.8) is 0 Å². The van der Waals surface area contributed by atoms with Crippen molar-refractivity contribution in [1.82, 2.24) is 20.9 Å². The first kappa shape index (κ1) is 40.1. The quantitative estimate of drug-likeness (QED) is 0.192. The normalized spacial score (nSPS) is 18.9. The molecule has 4 atom stereocenters. The fraction of sp³-hybridized carbons (Fsp3) is 0.538. The summed E-state index contributed by atoms with van der Waals surface area (Å²) < 4.78 is 10.8. The Morgan fingerprint density at radius 1 is 0.760 bits per heavy atom. The van der Waals surface area contributed by atoms with Crippen molar-refractivity contribution in [3.8, 4) is 0 Å². The van der Waals surface area contributed by atoms with Crippen LogP contribution in [-0.2, 0) is 32.3 Å². The summed E-state index contributed by atoms with van der Waals surface area (Å²) in [7, 11) is 0. The van der Waals surface area contributed by atoms with Crippen molar-refractivity contribution in [1.29, 1.82) is 0 Å². The molecule has 0 aliphatic carbocycles. The SMILES string of the molecule is CC(C)C[C@H](NC(=O)OCc1ccccc1)C(=O)NC1CCCCC/C=C\CN(C(=O)[C@H](CC(C)C)NC(=O)OCc2ccccc2)CC1O. The highest BCUT2D eigenvalue weighted by molar-refractivity contribution is 5.86. The molecule has 2 aromatic carbocycles. The number of ether oxygens (including phenoxy) is 2. The van der Waals surface area contributed by atoms with Crippen LogP contribution in [0.1, 0.15) is 83.8 Å². The molecular formula is C39H56N4O7. The summed E-state index contributed by atoms with van der Waals surface area (Å²) in [6.45, 7) is 8.15. The van der Waals surface area contributed by atoms with E-state index >= 15 is 0 Å². The van der Waals surface area contributed by atoms with Gasteiger partial charge in [0.2, 0.25) is 11.8 Å². The Morgan fingerprint density at radius 2 is 1.30 bits per heavy atom. The van der Waals surface area contributed by atoms with Gasteiger partial charge in [0, 0.05) is 13.1 Å². The lowest BCUT2D eigenvalue weighted by Gasteiger charge is -2.33. The lowest BCUT2D eigenvalue weighted by Crippen LogP contribution is -2.56. The van der Waals surface area contributed by atoms with Gasteiger partial charge in [0.15, 0.2) is 0 Å². The lowest BCUT2D eigenvalue weighted by molar-refractivity contribution is -0.135. The maximum atomic E-state index is 14.0. The minimum absolute atomic E-state index is 0.0646. The van der Waals surface area contributed by atoms with Gasteiger partial charge in [-0.3, -0.25) is 9.59 Å². The largest absolute Gasteiger partial charge is 0.445 e. The summed E-state index contributed by atoms with van der Waals surface area (Å²) in [6.07, 6.45) is 6.10. The van der Waals surface area contributed by atoms with Gasteiger partial charge in [-0.1, -0.05) is 113 Å². The highest BCUT2D eigenvalue weighted by Crippen LogP contribution is 2.16. The van der Waals surface area contributed by atoms with E-state index in [1.165, 1.54) is 4.90 Å². The van der Waals surface area contributed by atoms with Crippen LogP contribution in [0.25, 0.3) is 0 Å². The Hall–Kier alpha value is -4.38. The van der Waals surface area contributed by atoms with Crippen LogP contribution in [0, 0.1) is 11.8 Å². The molecule has 0 bridgehead atoms. The highest BCUT2D eigenvalue weighted by Gasteiger charge is 2.32. The molecule has 0 saturated carbocycles. The molecule has 1 aliphatic rings. The molecule has 0 saturated heterocycles. The minimum Gasteiger partial charge on any atom is -0.445 e. The van der Waals surface area contributed by atoms with Crippen LogP contribution in [0.15, 0.2) is 72.8 Å². The molecule has 2 aromatic rings. The number of hydrogen-bond acceptors (Lipinski definition) is 7. The molecule has 0 spiro atoms. The summed E-state index contributed by atoms with van der Waals surface area (Å²) in [5.41, 5.74) is 1.65. The Balaban J connectivity index is 1.71. The van der Waals surface area contributed by atoms with Crippen molar-refractivity contribution in [3.05, 3.63) is 83.9 Å². The van der Waals surface area contributed by atoms with Gasteiger partial charge in [0.1, 0.15) is 25.3 Å². The molecule has 0 radical (unpaired) electrons. The molecule has 3 rings (SSSR count). The number of nitrogens with one attached hydrogen (secondary N) is 3. The van der Waals surface area contributed by atoms with E-state index in [4.69, 9.17) is 9.47 Å². The number of nitrogens with zero attached hydrogens (tertiary/aromatic N) is 1. The molecule has 2 unspecified atom stereocenters. The molecule has 50 heavy (non-hydrogen) atoms. The Labute approximate surface area is 297 Å². The molecule has 4 N–H and O–H groups in total. The lowest BCUT2D eigenvalue weighted by atomic mass is 9.98. The standard InChI is InChI=1S/C39H56N4O7/c1-28(2)23-33(41-38(47)49-26-30-17-11-9-12-18-30)36(45)40-32-21-15-7-5-6-8-16-22-43(25-35(32)44)37(46)34(24-29(3)4)42-39(48)50-27-31-19-13-10-14-20-31/h8-14,16-20,28-29,32-35,44H,5-7,15,21-27H2,1-4H3,(H,40,45)(H,41,47)(H,42,48)/b16-8-/t32?,33-,34-,35?/m0/s1. The number of alkyl carbamates (subject to hydrolysis) is 2. The van der Waals surface area contributed by atoms with Gasteiger partial charge < -0.3 is 35.4 Å².